The average molecular weight is 404 g/mol. The van der Waals surface area contributed by atoms with E-state index in [1.165, 1.54) is 22.7 Å². The zero-order chi connectivity index (χ0) is 19.1. The van der Waals surface area contributed by atoms with Crippen LogP contribution in [0.25, 0.3) is 22.1 Å². The summed E-state index contributed by atoms with van der Waals surface area (Å²) in [7, 11) is 0. The zero-order valence-corrected chi connectivity index (χ0v) is 16.0. The Labute approximate surface area is 166 Å². The summed E-state index contributed by atoms with van der Waals surface area (Å²) >= 11 is 2.67. The number of thiophene rings is 1. The number of para-hydroxylation sites is 2. The topological polar surface area (TPSA) is 60.7 Å². The standard InChI is InChI=1S/C21H12N2O3S2/c24-19-18(28-21-22-15-7-1-2-8-16(15)23(19)21)12-13-5-3-6-14(11-13)26-20(25)17-9-4-10-27-17/h1-12H/b18-12-. The highest BCUT2D eigenvalue weighted by Gasteiger charge is 2.11. The first kappa shape index (κ1) is 16.9. The highest BCUT2D eigenvalue weighted by molar-refractivity contribution is 7.15. The van der Waals surface area contributed by atoms with E-state index in [0.717, 1.165) is 16.6 Å². The Morgan fingerprint density at radius 1 is 1.07 bits per heavy atom. The lowest BCUT2D eigenvalue weighted by molar-refractivity contribution is 0.0740. The van der Waals surface area contributed by atoms with Crippen molar-refractivity contribution >= 4 is 50.7 Å². The summed E-state index contributed by atoms with van der Waals surface area (Å²) in [6.45, 7) is 0. The molecule has 0 aliphatic carbocycles. The molecule has 0 aliphatic rings. The minimum Gasteiger partial charge on any atom is -0.422 e. The van der Waals surface area contributed by atoms with Gasteiger partial charge in [-0.1, -0.05) is 41.7 Å². The minimum absolute atomic E-state index is 0.102. The third-order valence-corrected chi connectivity index (χ3v) is 6.05. The second-order valence-electron chi connectivity index (χ2n) is 6.07. The molecule has 28 heavy (non-hydrogen) atoms. The molecule has 136 valence electrons. The van der Waals surface area contributed by atoms with Gasteiger partial charge < -0.3 is 4.74 Å². The van der Waals surface area contributed by atoms with E-state index in [0.29, 0.717) is 20.1 Å². The SMILES string of the molecule is O=C(Oc1cccc(/C=c2\sc3nc4ccccc4n3c2=O)c1)c1cccs1. The number of nitrogens with zero attached hydrogens (tertiary/aromatic N) is 2. The Bertz CT molecular complexity index is 1430. The predicted molar refractivity (Wildman–Crippen MR) is 111 cm³/mol. The third kappa shape index (κ3) is 2.90. The summed E-state index contributed by atoms with van der Waals surface area (Å²) < 4.78 is 7.64. The number of fused-ring (bicyclic) bond motifs is 3. The molecule has 3 aromatic heterocycles. The van der Waals surface area contributed by atoms with Crippen molar-refractivity contribution in [3.63, 3.8) is 0 Å². The van der Waals surface area contributed by atoms with Gasteiger partial charge in [-0.3, -0.25) is 4.79 Å². The lowest BCUT2D eigenvalue weighted by atomic mass is 10.2. The third-order valence-electron chi connectivity index (χ3n) is 4.23. The molecule has 3 heterocycles. The van der Waals surface area contributed by atoms with Crippen LogP contribution in [0.5, 0.6) is 5.75 Å². The molecule has 0 saturated heterocycles. The van der Waals surface area contributed by atoms with Gasteiger partial charge >= 0.3 is 5.97 Å². The van der Waals surface area contributed by atoms with Gasteiger partial charge in [0, 0.05) is 0 Å². The molecule has 0 amide bonds. The fourth-order valence-corrected chi connectivity index (χ4v) is 4.57. The molecule has 0 fully saturated rings. The Morgan fingerprint density at radius 3 is 2.82 bits per heavy atom. The number of carbonyl (C=O) groups is 1. The molecule has 5 rings (SSSR count). The monoisotopic (exact) mass is 404 g/mol. The van der Waals surface area contributed by atoms with Gasteiger partial charge in [0.25, 0.3) is 5.56 Å². The number of carbonyl (C=O) groups excluding carboxylic acids is 1. The van der Waals surface area contributed by atoms with Crippen molar-refractivity contribution < 1.29 is 9.53 Å². The van der Waals surface area contributed by atoms with Crippen molar-refractivity contribution in [1.82, 2.24) is 9.38 Å². The molecule has 0 N–H and O–H groups in total. The van der Waals surface area contributed by atoms with Crippen LogP contribution in [0.4, 0.5) is 0 Å². The van der Waals surface area contributed by atoms with Gasteiger partial charge in [-0.2, -0.15) is 0 Å². The highest BCUT2D eigenvalue weighted by Crippen LogP contribution is 2.19. The summed E-state index contributed by atoms with van der Waals surface area (Å²) in [6.07, 6.45) is 1.79. The van der Waals surface area contributed by atoms with E-state index >= 15 is 0 Å². The van der Waals surface area contributed by atoms with Crippen LogP contribution < -0.4 is 14.8 Å². The maximum absolute atomic E-state index is 12.8. The molecule has 0 radical (unpaired) electrons. The smallest absolute Gasteiger partial charge is 0.353 e. The van der Waals surface area contributed by atoms with E-state index in [4.69, 9.17) is 4.74 Å². The zero-order valence-electron chi connectivity index (χ0n) is 14.4. The summed E-state index contributed by atoms with van der Waals surface area (Å²) in [5.41, 5.74) is 2.29. The number of hydrogen-bond acceptors (Lipinski definition) is 6. The fourth-order valence-electron chi connectivity index (χ4n) is 2.98. The fraction of sp³-hybridized carbons (Fsp3) is 0. The summed E-state index contributed by atoms with van der Waals surface area (Å²) in [5, 5.41) is 1.83. The van der Waals surface area contributed by atoms with Crippen LogP contribution in [-0.2, 0) is 0 Å². The highest BCUT2D eigenvalue weighted by atomic mass is 32.1. The maximum Gasteiger partial charge on any atom is 0.353 e. The predicted octanol–water partition coefficient (Wildman–Crippen LogP) is 3.74. The molecule has 0 spiro atoms. The molecule has 5 aromatic rings. The van der Waals surface area contributed by atoms with Crippen molar-refractivity contribution in [2.75, 3.05) is 0 Å². The van der Waals surface area contributed by atoms with Gasteiger partial charge in [-0.05, 0) is 47.4 Å². The number of hydrogen-bond donors (Lipinski definition) is 0. The van der Waals surface area contributed by atoms with E-state index in [1.807, 2.05) is 35.7 Å². The van der Waals surface area contributed by atoms with Crippen LogP contribution in [0.1, 0.15) is 15.2 Å². The number of thiazole rings is 1. The van der Waals surface area contributed by atoms with Crippen LogP contribution in [0, 0.1) is 0 Å². The van der Waals surface area contributed by atoms with Crippen molar-refractivity contribution in [1.29, 1.82) is 0 Å². The lowest BCUT2D eigenvalue weighted by Gasteiger charge is -2.03. The van der Waals surface area contributed by atoms with Crippen LogP contribution in [-0.4, -0.2) is 15.4 Å². The molecule has 0 saturated carbocycles. The van der Waals surface area contributed by atoms with Crippen LogP contribution >= 0.6 is 22.7 Å². The number of imidazole rings is 1. The quantitative estimate of drug-likeness (QED) is 0.340. The lowest BCUT2D eigenvalue weighted by Crippen LogP contribution is -2.22. The maximum atomic E-state index is 12.8. The van der Waals surface area contributed by atoms with Gasteiger partial charge in [0.1, 0.15) is 10.6 Å². The molecule has 0 atom stereocenters. The van der Waals surface area contributed by atoms with E-state index in [9.17, 15) is 9.59 Å². The molecule has 0 unspecified atom stereocenters. The van der Waals surface area contributed by atoms with Gasteiger partial charge in [0.05, 0.1) is 15.6 Å². The molecule has 2 aromatic carbocycles. The van der Waals surface area contributed by atoms with Crippen LogP contribution in [0.15, 0.2) is 70.8 Å². The van der Waals surface area contributed by atoms with Crippen LogP contribution in [0.3, 0.4) is 0 Å². The average Bonchev–Trinajstić information content (AvgIpc) is 3.40. The Kier molecular flexibility index (Phi) is 4.03. The van der Waals surface area contributed by atoms with Crippen molar-refractivity contribution in [2.24, 2.45) is 0 Å². The first-order valence-corrected chi connectivity index (χ1v) is 10.2. The Morgan fingerprint density at radius 2 is 1.96 bits per heavy atom. The number of ether oxygens (including phenoxy) is 1. The first-order valence-electron chi connectivity index (χ1n) is 8.46. The van der Waals surface area contributed by atoms with Gasteiger partial charge in [-0.25, -0.2) is 14.2 Å². The van der Waals surface area contributed by atoms with E-state index < -0.39 is 5.97 Å². The number of benzene rings is 2. The normalized spacial score (nSPS) is 12.1. The second kappa shape index (κ2) is 6.70. The number of rotatable bonds is 3. The van der Waals surface area contributed by atoms with Crippen molar-refractivity contribution in [3.8, 4) is 5.75 Å². The van der Waals surface area contributed by atoms with Gasteiger partial charge in [0.2, 0.25) is 0 Å². The van der Waals surface area contributed by atoms with Crippen molar-refractivity contribution in [2.45, 2.75) is 0 Å². The molecular formula is C21H12N2O3S2. The molecular weight excluding hydrogens is 392 g/mol. The van der Waals surface area contributed by atoms with Gasteiger partial charge in [0.15, 0.2) is 4.96 Å². The minimum atomic E-state index is -0.391. The second-order valence-corrected chi connectivity index (χ2v) is 8.03. The van der Waals surface area contributed by atoms with E-state index in [-0.39, 0.29) is 5.56 Å². The Hall–Kier alpha value is -3.29. The molecule has 0 bridgehead atoms. The molecule has 5 nitrogen and oxygen atoms in total. The van der Waals surface area contributed by atoms with Gasteiger partial charge in [-0.15, -0.1) is 11.3 Å². The Balaban J connectivity index is 1.53. The first-order chi connectivity index (χ1) is 13.7. The largest absolute Gasteiger partial charge is 0.422 e. The summed E-state index contributed by atoms with van der Waals surface area (Å²) in [4.78, 5) is 30.7. The summed E-state index contributed by atoms with van der Waals surface area (Å²) in [5.74, 6) is 0.0455. The van der Waals surface area contributed by atoms with E-state index in [1.54, 1.807) is 40.8 Å². The van der Waals surface area contributed by atoms with E-state index in [2.05, 4.69) is 4.98 Å². The molecule has 7 heteroatoms. The van der Waals surface area contributed by atoms with Crippen LogP contribution in [0.2, 0.25) is 0 Å². The van der Waals surface area contributed by atoms with Crippen molar-refractivity contribution in [3.05, 3.63) is 91.4 Å². The number of aromatic nitrogens is 2. The summed E-state index contributed by atoms with van der Waals surface area (Å²) in [6, 6.07) is 18.2. The number of esters is 1. The molecule has 0 aliphatic heterocycles.